The maximum absolute atomic E-state index is 11.1. The molecule has 1 atom stereocenters. The van der Waals surface area contributed by atoms with Gasteiger partial charge in [-0.3, -0.25) is 4.79 Å². The van der Waals surface area contributed by atoms with Gasteiger partial charge >= 0.3 is 0 Å². The first-order valence-corrected chi connectivity index (χ1v) is 5.35. The van der Waals surface area contributed by atoms with Gasteiger partial charge in [0.2, 0.25) is 8.00 Å². The summed E-state index contributed by atoms with van der Waals surface area (Å²) in [5, 5.41) is 0.362. The van der Waals surface area contributed by atoms with Gasteiger partial charge in [-0.05, 0) is 6.42 Å². The van der Waals surface area contributed by atoms with E-state index in [9.17, 15) is 9.69 Å². The zero-order valence-corrected chi connectivity index (χ0v) is 8.47. The van der Waals surface area contributed by atoms with Crippen LogP contribution in [-0.4, -0.2) is 18.2 Å². The van der Waals surface area contributed by atoms with Crippen LogP contribution in [-0.2, 0) is 9.32 Å². The Morgan fingerprint density at radius 3 is 2.67 bits per heavy atom. The Balaban J connectivity index is 3.87. The fourth-order valence-electron chi connectivity index (χ4n) is 0.630. The molecule has 0 aromatic carbocycles. The fourth-order valence-corrected chi connectivity index (χ4v) is 1.44. The predicted molar refractivity (Wildman–Crippen MR) is 49.1 cm³/mol. The molecule has 0 amide bonds. The second-order valence-electron chi connectivity index (χ2n) is 2.41. The van der Waals surface area contributed by atoms with Crippen LogP contribution in [0.2, 0.25) is 0 Å². The number of hydrogen-bond donors (Lipinski definition) is 0. The summed E-state index contributed by atoms with van der Waals surface area (Å²) in [7, 11) is -1.86. The highest BCUT2D eigenvalue weighted by Gasteiger charge is 2.07. The van der Waals surface area contributed by atoms with E-state index in [1.807, 2.05) is 6.92 Å². The second kappa shape index (κ2) is 7.41. The quantitative estimate of drug-likeness (QED) is 0.360. The molecule has 0 aliphatic carbocycles. The molecular formula is C8H15O3P. The van der Waals surface area contributed by atoms with Gasteiger partial charge in [0.15, 0.2) is 11.6 Å². The van der Waals surface area contributed by atoms with Crippen LogP contribution in [0.1, 0.15) is 33.1 Å². The standard InChI is InChI=1S/C8H15O3P/c1-3-5-6-11-12(10)8(4-2)7-9/h7H,3-6H2,1-2H3. The van der Waals surface area contributed by atoms with Crippen LogP contribution in [0.3, 0.4) is 0 Å². The second-order valence-corrected chi connectivity index (χ2v) is 3.75. The van der Waals surface area contributed by atoms with Crippen LogP contribution in [0.5, 0.6) is 0 Å². The van der Waals surface area contributed by atoms with Crippen molar-refractivity contribution in [2.24, 2.45) is 0 Å². The Kier molecular flexibility index (Phi) is 7.26. The topological polar surface area (TPSA) is 49.4 Å². The molecule has 0 aliphatic heterocycles. The minimum absolute atomic E-state index is 0.362. The number of carbonyl (C=O) groups excluding carboxylic acids is 1. The van der Waals surface area contributed by atoms with Crippen molar-refractivity contribution in [3.63, 3.8) is 0 Å². The van der Waals surface area contributed by atoms with Gasteiger partial charge in [-0.2, -0.15) is 4.52 Å². The summed E-state index contributed by atoms with van der Waals surface area (Å²) in [6.07, 6.45) is 3.03. The monoisotopic (exact) mass is 190 g/mol. The molecule has 12 heavy (non-hydrogen) atoms. The number of carbonyl (C=O) groups is 1. The van der Waals surface area contributed by atoms with Crippen LogP contribution in [0.25, 0.3) is 0 Å². The van der Waals surface area contributed by atoms with Gasteiger partial charge in [0.25, 0.3) is 0 Å². The summed E-state index contributed by atoms with van der Waals surface area (Å²) < 4.78 is 4.97. The Bertz CT molecular complexity index is 166. The van der Waals surface area contributed by atoms with Gasteiger partial charge in [-0.15, -0.1) is 0 Å². The van der Waals surface area contributed by atoms with E-state index < -0.39 is 8.00 Å². The molecule has 0 saturated carbocycles. The molecule has 0 N–H and O–H groups in total. The largest absolute Gasteiger partial charge is 0.603 e. The molecule has 1 unspecified atom stereocenters. The molecule has 0 radical (unpaired) electrons. The lowest BCUT2D eigenvalue weighted by Gasteiger charge is -1.98. The highest BCUT2D eigenvalue weighted by Crippen LogP contribution is 2.16. The number of hydrogen-bond acceptors (Lipinski definition) is 3. The molecule has 0 spiro atoms. The molecular weight excluding hydrogens is 175 g/mol. The summed E-state index contributed by atoms with van der Waals surface area (Å²) in [6.45, 7) is 4.30. The maximum Gasteiger partial charge on any atom is 0.228 e. The van der Waals surface area contributed by atoms with Crippen molar-refractivity contribution in [1.82, 2.24) is 0 Å². The molecule has 0 bridgehead atoms. The normalized spacial score (nSPS) is 12.6. The van der Waals surface area contributed by atoms with E-state index in [0.717, 1.165) is 12.8 Å². The Hall–Kier alpha value is -0.240. The van der Waals surface area contributed by atoms with Gasteiger partial charge in [0, 0.05) is 6.42 Å². The Labute approximate surface area is 74.3 Å². The third-order valence-electron chi connectivity index (χ3n) is 1.44. The van der Waals surface area contributed by atoms with Gasteiger partial charge < -0.3 is 4.89 Å². The zero-order chi connectivity index (χ0) is 9.40. The summed E-state index contributed by atoms with van der Waals surface area (Å²) in [6, 6.07) is 0. The summed E-state index contributed by atoms with van der Waals surface area (Å²) >= 11 is 0. The van der Waals surface area contributed by atoms with E-state index in [0.29, 0.717) is 24.6 Å². The van der Waals surface area contributed by atoms with Crippen LogP contribution < -0.4 is 4.89 Å². The van der Waals surface area contributed by atoms with Crippen molar-refractivity contribution < 1.29 is 14.2 Å². The van der Waals surface area contributed by atoms with Gasteiger partial charge in [0.05, 0.1) is 6.61 Å². The first-order valence-electron chi connectivity index (χ1n) is 4.17. The van der Waals surface area contributed by atoms with E-state index in [2.05, 4.69) is 0 Å². The number of aldehydes is 1. The molecule has 0 aliphatic rings. The summed E-state index contributed by atoms with van der Waals surface area (Å²) in [5.74, 6) is 0. The van der Waals surface area contributed by atoms with E-state index in [1.165, 1.54) is 0 Å². The van der Waals surface area contributed by atoms with Crippen LogP contribution >= 0.6 is 8.00 Å². The van der Waals surface area contributed by atoms with Crippen LogP contribution in [0, 0.1) is 0 Å². The minimum Gasteiger partial charge on any atom is -0.603 e. The Morgan fingerprint density at radius 2 is 2.25 bits per heavy atom. The summed E-state index contributed by atoms with van der Waals surface area (Å²) in [5.41, 5.74) is 0. The van der Waals surface area contributed by atoms with Crippen molar-refractivity contribution in [1.29, 1.82) is 0 Å². The number of rotatable bonds is 6. The van der Waals surface area contributed by atoms with E-state index >= 15 is 0 Å². The third-order valence-corrected chi connectivity index (χ3v) is 2.75. The third kappa shape index (κ3) is 4.60. The Morgan fingerprint density at radius 1 is 1.58 bits per heavy atom. The lowest BCUT2D eigenvalue weighted by Crippen LogP contribution is -2.06. The average Bonchev–Trinajstić information content (AvgIpc) is 2.07. The molecule has 0 fully saturated rings. The molecule has 0 saturated heterocycles. The van der Waals surface area contributed by atoms with Crippen molar-refractivity contribution in [2.75, 3.05) is 6.61 Å². The zero-order valence-electron chi connectivity index (χ0n) is 7.58. The molecule has 0 rings (SSSR count). The van der Waals surface area contributed by atoms with E-state index in [-0.39, 0.29) is 0 Å². The van der Waals surface area contributed by atoms with Crippen LogP contribution in [0.15, 0.2) is 0 Å². The fraction of sp³-hybridized carbons (Fsp3) is 0.750. The van der Waals surface area contributed by atoms with Crippen molar-refractivity contribution in [3.8, 4) is 0 Å². The molecule has 0 heterocycles. The van der Waals surface area contributed by atoms with E-state index in [1.54, 1.807) is 6.92 Å². The van der Waals surface area contributed by atoms with Crippen LogP contribution in [0.4, 0.5) is 0 Å². The summed E-state index contributed by atoms with van der Waals surface area (Å²) in [4.78, 5) is 21.4. The maximum atomic E-state index is 11.1. The molecule has 0 aromatic heterocycles. The lowest BCUT2D eigenvalue weighted by atomic mass is 10.4. The molecule has 0 aromatic rings. The SMILES string of the molecule is CCCCO[P+]([O-])=C(C=O)CC. The van der Waals surface area contributed by atoms with Crippen molar-refractivity contribution >= 4 is 19.6 Å². The highest BCUT2D eigenvalue weighted by atomic mass is 31.1. The highest BCUT2D eigenvalue weighted by molar-refractivity contribution is 7.49. The first-order chi connectivity index (χ1) is 5.76. The minimum atomic E-state index is -1.86. The average molecular weight is 190 g/mol. The van der Waals surface area contributed by atoms with E-state index in [4.69, 9.17) is 4.52 Å². The number of unbranched alkanes of at least 4 members (excludes halogenated alkanes) is 1. The molecule has 70 valence electrons. The lowest BCUT2D eigenvalue weighted by molar-refractivity contribution is -0.172. The van der Waals surface area contributed by atoms with Crippen molar-refractivity contribution in [3.05, 3.63) is 0 Å². The first kappa shape index (κ1) is 11.8. The molecule has 3 nitrogen and oxygen atoms in total. The van der Waals surface area contributed by atoms with Crippen molar-refractivity contribution in [2.45, 2.75) is 33.1 Å². The van der Waals surface area contributed by atoms with Gasteiger partial charge in [-0.1, -0.05) is 20.3 Å². The predicted octanol–water partition coefficient (Wildman–Crippen LogP) is 1.26. The van der Waals surface area contributed by atoms with Gasteiger partial charge in [0.1, 0.15) is 0 Å². The van der Waals surface area contributed by atoms with Gasteiger partial charge in [-0.25, -0.2) is 0 Å². The molecule has 4 heteroatoms. The smallest absolute Gasteiger partial charge is 0.228 e.